The van der Waals surface area contributed by atoms with Crippen LogP contribution in [0, 0.1) is 5.92 Å². The van der Waals surface area contributed by atoms with Crippen LogP contribution < -0.4 is 9.47 Å². The number of methoxy groups -OCH3 is 2. The van der Waals surface area contributed by atoms with Crippen LogP contribution in [0.5, 0.6) is 11.5 Å². The zero-order valence-electron chi connectivity index (χ0n) is 19.4. The molecule has 6 nitrogen and oxygen atoms in total. The fraction of sp³-hybridized carbons (Fsp3) is 0.423. The van der Waals surface area contributed by atoms with Gasteiger partial charge in [0.05, 0.1) is 19.9 Å². The van der Waals surface area contributed by atoms with E-state index in [-0.39, 0.29) is 11.9 Å². The van der Waals surface area contributed by atoms with E-state index in [1.807, 2.05) is 36.4 Å². The van der Waals surface area contributed by atoms with Crippen LogP contribution in [0.2, 0.25) is 5.02 Å². The minimum absolute atomic E-state index is 0.0806. The Kier molecular flexibility index (Phi) is 6.84. The second-order valence-corrected chi connectivity index (χ2v) is 10.3. The van der Waals surface area contributed by atoms with E-state index in [1.165, 1.54) is 32.1 Å². The van der Waals surface area contributed by atoms with Crippen LogP contribution in [-0.4, -0.2) is 42.1 Å². The second kappa shape index (κ2) is 10.0. The average molecular weight is 498 g/mol. The molecule has 0 bridgehead atoms. The second-order valence-electron chi connectivity index (χ2n) is 8.93. The normalized spacial score (nSPS) is 19.9. The monoisotopic (exact) mass is 497 g/mol. The van der Waals surface area contributed by atoms with Gasteiger partial charge in [0, 0.05) is 22.4 Å². The highest BCUT2D eigenvalue weighted by atomic mass is 35.5. The molecule has 178 valence electrons. The first-order valence-electron chi connectivity index (χ1n) is 11.7. The number of halogens is 1. The van der Waals surface area contributed by atoms with Crippen molar-refractivity contribution in [3.05, 3.63) is 52.5 Å². The maximum atomic E-state index is 13.2. The van der Waals surface area contributed by atoms with E-state index in [4.69, 9.17) is 26.1 Å². The van der Waals surface area contributed by atoms with Crippen molar-refractivity contribution < 1.29 is 14.3 Å². The molecular formula is C26H28ClN3O3S. The number of amides is 1. The van der Waals surface area contributed by atoms with Crippen LogP contribution in [0.25, 0.3) is 0 Å². The molecular weight excluding hydrogens is 470 g/mol. The number of benzene rings is 2. The van der Waals surface area contributed by atoms with E-state index in [1.54, 1.807) is 26.0 Å². The van der Waals surface area contributed by atoms with Gasteiger partial charge in [-0.25, -0.2) is 4.99 Å². The van der Waals surface area contributed by atoms with Crippen LogP contribution in [-0.2, 0) is 10.5 Å². The molecule has 1 saturated carbocycles. The first kappa shape index (κ1) is 23.2. The molecule has 5 rings (SSSR count). The zero-order chi connectivity index (χ0) is 23.7. The van der Waals surface area contributed by atoms with Crippen molar-refractivity contribution in [2.24, 2.45) is 15.9 Å². The molecule has 0 unspecified atom stereocenters. The van der Waals surface area contributed by atoms with Gasteiger partial charge in [-0.2, -0.15) is 4.99 Å². The molecule has 2 aromatic carbocycles. The molecule has 2 aliphatic heterocycles. The molecule has 0 spiro atoms. The Balaban J connectivity index is 1.50. The summed E-state index contributed by atoms with van der Waals surface area (Å²) < 4.78 is 11.0. The fourth-order valence-electron chi connectivity index (χ4n) is 4.98. The van der Waals surface area contributed by atoms with Gasteiger partial charge in [-0.3, -0.25) is 9.69 Å². The molecule has 3 aliphatic rings. The van der Waals surface area contributed by atoms with Crippen molar-refractivity contribution in [1.29, 1.82) is 0 Å². The molecule has 0 radical (unpaired) electrons. The van der Waals surface area contributed by atoms with Gasteiger partial charge < -0.3 is 9.47 Å². The molecule has 2 heterocycles. The Labute approximate surface area is 209 Å². The lowest BCUT2D eigenvalue weighted by Crippen LogP contribution is -2.44. The van der Waals surface area contributed by atoms with E-state index in [2.05, 4.69) is 9.89 Å². The van der Waals surface area contributed by atoms with Crippen LogP contribution in [0.15, 0.2) is 46.4 Å². The van der Waals surface area contributed by atoms with Gasteiger partial charge >= 0.3 is 0 Å². The summed E-state index contributed by atoms with van der Waals surface area (Å²) in [5.74, 6) is 3.04. The first-order chi connectivity index (χ1) is 16.6. The highest BCUT2D eigenvalue weighted by Crippen LogP contribution is 2.42. The number of carbonyl (C=O) groups is 1. The number of nitrogens with zero attached hydrogens (tertiary/aromatic N) is 3. The van der Waals surface area contributed by atoms with Gasteiger partial charge in [-0.05, 0) is 36.1 Å². The number of fused-ring (bicyclic) bond motifs is 3. The zero-order valence-corrected chi connectivity index (χ0v) is 21.0. The highest BCUT2D eigenvalue weighted by Gasteiger charge is 2.43. The minimum atomic E-state index is -0.309. The Morgan fingerprint density at radius 3 is 2.44 bits per heavy atom. The number of amidine groups is 2. The third kappa shape index (κ3) is 4.56. The largest absolute Gasteiger partial charge is 0.493 e. The molecule has 1 aliphatic carbocycles. The van der Waals surface area contributed by atoms with Crippen molar-refractivity contribution in [3.8, 4) is 11.5 Å². The van der Waals surface area contributed by atoms with Crippen molar-refractivity contribution in [2.75, 3.05) is 14.2 Å². The minimum Gasteiger partial charge on any atom is -0.493 e. The number of hydrogen-bond donors (Lipinski definition) is 0. The standard InChI is InChI=1S/C26H28ClN3O3S/c1-32-22-13-19-20(14-23(22)33-2)28-26(34-15-17-8-10-18(27)11-9-17)30-21(25(31)29-24(19)30)12-16-6-4-3-5-7-16/h8-11,13-14,16,21H,3-7,12,15H2,1-2H3/t21-/m1/s1. The fourth-order valence-corrected chi connectivity index (χ4v) is 6.11. The molecule has 1 atom stereocenters. The summed E-state index contributed by atoms with van der Waals surface area (Å²) in [6, 6.07) is 11.2. The maximum Gasteiger partial charge on any atom is 0.270 e. The van der Waals surface area contributed by atoms with Gasteiger partial charge in [0.2, 0.25) is 0 Å². The van der Waals surface area contributed by atoms with Gasteiger partial charge in [0.25, 0.3) is 5.91 Å². The summed E-state index contributed by atoms with van der Waals surface area (Å²) in [6.07, 6.45) is 6.95. The first-order valence-corrected chi connectivity index (χ1v) is 13.1. The van der Waals surface area contributed by atoms with Crippen LogP contribution >= 0.6 is 23.4 Å². The third-order valence-corrected chi connectivity index (χ3v) is 8.04. The average Bonchev–Trinajstić information content (AvgIpc) is 3.19. The summed E-state index contributed by atoms with van der Waals surface area (Å²) in [7, 11) is 3.21. The molecule has 34 heavy (non-hydrogen) atoms. The third-order valence-electron chi connectivity index (χ3n) is 6.77. The number of thioether (sulfide) groups is 1. The summed E-state index contributed by atoms with van der Waals surface area (Å²) in [4.78, 5) is 24.8. The van der Waals surface area contributed by atoms with E-state index in [0.717, 1.165) is 28.4 Å². The highest BCUT2D eigenvalue weighted by molar-refractivity contribution is 8.13. The molecule has 0 N–H and O–H groups in total. The molecule has 8 heteroatoms. The summed E-state index contributed by atoms with van der Waals surface area (Å²) >= 11 is 7.67. The van der Waals surface area contributed by atoms with Crippen molar-refractivity contribution in [2.45, 2.75) is 50.3 Å². The Morgan fingerprint density at radius 1 is 1.03 bits per heavy atom. The molecule has 0 aromatic heterocycles. The van der Waals surface area contributed by atoms with Gasteiger partial charge in [-0.15, -0.1) is 0 Å². The van der Waals surface area contributed by atoms with Gasteiger partial charge in [0.1, 0.15) is 11.9 Å². The number of carbonyl (C=O) groups excluding carboxylic acids is 1. The van der Waals surface area contributed by atoms with E-state index in [9.17, 15) is 4.79 Å². The van der Waals surface area contributed by atoms with Crippen molar-refractivity contribution >= 4 is 46.0 Å². The lowest BCUT2D eigenvalue weighted by Gasteiger charge is -2.33. The SMILES string of the molecule is COc1cc2c(cc1OC)C1=NC(=O)[C@@H](CC3CCCCC3)N1C(SCc1ccc(Cl)cc1)=N2. The molecule has 0 saturated heterocycles. The van der Waals surface area contributed by atoms with Crippen LogP contribution in [0.3, 0.4) is 0 Å². The van der Waals surface area contributed by atoms with E-state index >= 15 is 0 Å². The summed E-state index contributed by atoms with van der Waals surface area (Å²) in [5, 5.41) is 1.51. The van der Waals surface area contributed by atoms with Crippen molar-refractivity contribution in [3.63, 3.8) is 0 Å². The Bertz CT molecular complexity index is 1140. The maximum absolute atomic E-state index is 13.2. The predicted molar refractivity (Wildman–Crippen MR) is 138 cm³/mol. The Morgan fingerprint density at radius 2 is 1.74 bits per heavy atom. The van der Waals surface area contributed by atoms with Crippen LogP contribution in [0.1, 0.15) is 49.7 Å². The molecule has 2 aromatic rings. The topological polar surface area (TPSA) is 63.5 Å². The van der Waals surface area contributed by atoms with Gasteiger partial charge in [-0.1, -0.05) is 67.6 Å². The Hall–Kier alpha value is -2.51. The van der Waals surface area contributed by atoms with Crippen LogP contribution in [0.4, 0.5) is 5.69 Å². The van der Waals surface area contributed by atoms with Crippen molar-refractivity contribution in [1.82, 2.24) is 4.90 Å². The van der Waals surface area contributed by atoms with Gasteiger partial charge in [0.15, 0.2) is 16.7 Å². The van der Waals surface area contributed by atoms with E-state index in [0.29, 0.717) is 34.0 Å². The molecule has 1 amide bonds. The lowest BCUT2D eigenvalue weighted by atomic mass is 9.84. The summed E-state index contributed by atoms with van der Waals surface area (Å²) in [5.41, 5.74) is 2.67. The number of rotatable bonds is 6. The lowest BCUT2D eigenvalue weighted by molar-refractivity contribution is -0.120. The van der Waals surface area contributed by atoms with E-state index < -0.39 is 0 Å². The predicted octanol–water partition coefficient (Wildman–Crippen LogP) is 6.22. The number of ether oxygens (including phenoxy) is 2. The number of aliphatic imine (C=N–C) groups is 2. The summed E-state index contributed by atoms with van der Waals surface area (Å²) in [6.45, 7) is 0. The smallest absolute Gasteiger partial charge is 0.270 e. The quantitative estimate of drug-likeness (QED) is 0.474. The molecule has 1 fully saturated rings. The number of hydrogen-bond acceptors (Lipinski definition) is 6.